The summed E-state index contributed by atoms with van der Waals surface area (Å²) in [4.78, 5) is 0. The summed E-state index contributed by atoms with van der Waals surface area (Å²) < 4.78 is 5.64. The number of aromatic hydroxyl groups is 1. The van der Waals surface area contributed by atoms with Crippen LogP contribution in [0, 0.1) is 0 Å². The second-order valence-corrected chi connectivity index (χ2v) is 4.93. The molecule has 20 heavy (non-hydrogen) atoms. The van der Waals surface area contributed by atoms with E-state index < -0.39 is 0 Å². The molecule has 106 valence electrons. The zero-order valence-electron chi connectivity index (χ0n) is 11.8. The van der Waals surface area contributed by atoms with Crippen LogP contribution in [-0.4, -0.2) is 5.11 Å². The van der Waals surface area contributed by atoms with E-state index in [1.807, 2.05) is 18.2 Å². The highest BCUT2D eigenvalue weighted by Gasteiger charge is 2.05. The van der Waals surface area contributed by atoms with E-state index in [1.54, 1.807) is 24.3 Å². The molecule has 0 amide bonds. The number of hydrogen-bond donors (Lipinski definition) is 2. The molecule has 0 aromatic heterocycles. The smallest absolute Gasteiger partial charge is 0.169 e. The van der Waals surface area contributed by atoms with Crippen LogP contribution in [-0.2, 0) is 6.42 Å². The van der Waals surface area contributed by atoms with Gasteiger partial charge >= 0.3 is 0 Å². The average Bonchev–Trinajstić information content (AvgIpc) is 2.42. The molecule has 0 aliphatic rings. The Bertz CT molecular complexity index is 567. The first-order valence-electron chi connectivity index (χ1n) is 7.04. The Morgan fingerprint density at radius 1 is 1.10 bits per heavy atom. The lowest BCUT2D eigenvalue weighted by Crippen LogP contribution is -1.90. The predicted molar refractivity (Wildman–Crippen MR) is 82.3 cm³/mol. The maximum atomic E-state index is 10.0. The third-order valence-electron chi connectivity index (χ3n) is 3.18. The predicted octanol–water partition coefficient (Wildman–Crippen LogP) is 4.50. The number of nitrogens with two attached hydrogens (primary N) is 1. The number of rotatable bonds is 6. The molecule has 2 rings (SSSR count). The molecule has 0 fully saturated rings. The first kappa shape index (κ1) is 14.3. The monoisotopic (exact) mass is 271 g/mol. The van der Waals surface area contributed by atoms with Crippen molar-refractivity contribution in [2.24, 2.45) is 0 Å². The number of nitrogen functional groups attached to an aromatic ring is 1. The van der Waals surface area contributed by atoms with Crippen LogP contribution in [0.1, 0.15) is 31.7 Å². The number of aryl methyl sites for hydroxylation is 1. The average molecular weight is 271 g/mol. The molecule has 3 heteroatoms. The molecular weight excluding hydrogens is 250 g/mol. The van der Waals surface area contributed by atoms with Gasteiger partial charge in [-0.05, 0) is 42.7 Å². The minimum atomic E-state index is 0.168. The third-order valence-corrected chi connectivity index (χ3v) is 3.18. The molecule has 0 aliphatic carbocycles. The maximum absolute atomic E-state index is 10.0. The molecule has 0 unspecified atom stereocenters. The summed E-state index contributed by atoms with van der Waals surface area (Å²) in [5, 5.41) is 10.0. The lowest BCUT2D eigenvalue weighted by molar-refractivity contribution is 0.410. The summed E-state index contributed by atoms with van der Waals surface area (Å²) in [6.07, 6.45) is 4.54. The Hall–Kier alpha value is -2.16. The highest BCUT2D eigenvalue weighted by molar-refractivity contribution is 5.48. The number of ether oxygens (including phenoxy) is 1. The Labute approximate surface area is 120 Å². The van der Waals surface area contributed by atoms with E-state index in [4.69, 9.17) is 10.5 Å². The quantitative estimate of drug-likeness (QED) is 0.600. The second-order valence-electron chi connectivity index (χ2n) is 4.93. The molecule has 0 saturated carbocycles. The summed E-state index contributed by atoms with van der Waals surface area (Å²) in [5.41, 5.74) is 7.47. The summed E-state index contributed by atoms with van der Waals surface area (Å²) >= 11 is 0. The normalized spacial score (nSPS) is 10.4. The second kappa shape index (κ2) is 6.85. The van der Waals surface area contributed by atoms with Crippen LogP contribution < -0.4 is 10.5 Å². The van der Waals surface area contributed by atoms with E-state index in [2.05, 4.69) is 6.92 Å². The van der Waals surface area contributed by atoms with Crippen LogP contribution in [0.15, 0.2) is 42.5 Å². The number of phenolic OH excluding ortho intramolecular Hbond substituents is 1. The summed E-state index contributed by atoms with van der Waals surface area (Å²) in [7, 11) is 0. The van der Waals surface area contributed by atoms with Crippen molar-refractivity contribution in [1.29, 1.82) is 0 Å². The van der Waals surface area contributed by atoms with E-state index in [9.17, 15) is 5.11 Å². The van der Waals surface area contributed by atoms with Gasteiger partial charge in [-0.2, -0.15) is 0 Å². The Morgan fingerprint density at radius 3 is 2.65 bits per heavy atom. The number of hydrogen-bond acceptors (Lipinski definition) is 3. The molecule has 3 nitrogen and oxygen atoms in total. The molecule has 0 aliphatic heterocycles. The largest absolute Gasteiger partial charge is 0.504 e. The van der Waals surface area contributed by atoms with Gasteiger partial charge in [-0.3, -0.25) is 0 Å². The van der Waals surface area contributed by atoms with Crippen LogP contribution in [0.5, 0.6) is 17.2 Å². The van der Waals surface area contributed by atoms with Crippen molar-refractivity contribution in [2.75, 3.05) is 5.73 Å². The third kappa shape index (κ3) is 3.92. The van der Waals surface area contributed by atoms with Crippen molar-refractivity contribution >= 4 is 5.69 Å². The molecule has 2 aromatic rings. The Kier molecular flexibility index (Phi) is 4.88. The molecule has 0 bridgehead atoms. The van der Waals surface area contributed by atoms with E-state index in [0.717, 1.165) is 18.4 Å². The maximum Gasteiger partial charge on any atom is 0.169 e. The van der Waals surface area contributed by atoms with Crippen molar-refractivity contribution in [3.8, 4) is 17.2 Å². The van der Waals surface area contributed by atoms with Gasteiger partial charge < -0.3 is 15.6 Å². The number of benzene rings is 2. The topological polar surface area (TPSA) is 55.5 Å². The van der Waals surface area contributed by atoms with Gasteiger partial charge in [0, 0.05) is 11.8 Å². The molecule has 0 heterocycles. The van der Waals surface area contributed by atoms with E-state index in [-0.39, 0.29) is 5.75 Å². The zero-order valence-corrected chi connectivity index (χ0v) is 11.8. The molecule has 0 atom stereocenters. The van der Waals surface area contributed by atoms with Gasteiger partial charge in [0.15, 0.2) is 11.5 Å². The van der Waals surface area contributed by atoms with Gasteiger partial charge in [-0.15, -0.1) is 0 Å². The van der Waals surface area contributed by atoms with Crippen LogP contribution >= 0.6 is 0 Å². The first-order chi connectivity index (χ1) is 9.69. The van der Waals surface area contributed by atoms with Gasteiger partial charge in [-0.1, -0.05) is 31.9 Å². The lowest BCUT2D eigenvalue weighted by Gasteiger charge is -2.09. The van der Waals surface area contributed by atoms with Crippen molar-refractivity contribution in [3.63, 3.8) is 0 Å². The molecule has 2 aromatic carbocycles. The molecule has 3 N–H and O–H groups in total. The van der Waals surface area contributed by atoms with Gasteiger partial charge in [0.2, 0.25) is 0 Å². The fraction of sp³-hybridized carbons (Fsp3) is 0.294. The Balaban J connectivity index is 2.06. The molecule has 0 saturated heterocycles. The standard InChI is InChI=1S/C17H21NO2/c1-2-3-4-6-13-9-10-17(16(19)11-13)20-15-8-5-7-14(18)12-15/h5,7-12,19H,2-4,6,18H2,1H3. The van der Waals surface area contributed by atoms with E-state index in [0.29, 0.717) is 17.2 Å². The summed E-state index contributed by atoms with van der Waals surface area (Å²) in [6.45, 7) is 2.18. The minimum Gasteiger partial charge on any atom is -0.504 e. The highest BCUT2D eigenvalue weighted by atomic mass is 16.5. The van der Waals surface area contributed by atoms with Crippen molar-refractivity contribution in [1.82, 2.24) is 0 Å². The number of anilines is 1. The molecule has 0 radical (unpaired) electrons. The fourth-order valence-electron chi connectivity index (χ4n) is 2.09. The number of unbranched alkanes of at least 4 members (excludes halogenated alkanes) is 2. The van der Waals surface area contributed by atoms with Crippen LogP contribution in [0.2, 0.25) is 0 Å². The van der Waals surface area contributed by atoms with Crippen LogP contribution in [0.3, 0.4) is 0 Å². The van der Waals surface area contributed by atoms with Gasteiger partial charge in [0.05, 0.1) is 0 Å². The number of phenols is 1. The van der Waals surface area contributed by atoms with Crippen LogP contribution in [0.25, 0.3) is 0 Å². The first-order valence-corrected chi connectivity index (χ1v) is 7.04. The van der Waals surface area contributed by atoms with Crippen molar-refractivity contribution in [3.05, 3.63) is 48.0 Å². The highest BCUT2D eigenvalue weighted by Crippen LogP contribution is 2.32. The molecule has 0 spiro atoms. The summed E-state index contributed by atoms with van der Waals surface area (Å²) in [5.74, 6) is 1.25. The minimum absolute atomic E-state index is 0.168. The van der Waals surface area contributed by atoms with Gasteiger partial charge in [0.25, 0.3) is 0 Å². The van der Waals surface area contributed by atoms with E-state index >= 15 is 0 Å². The lowest BCUT2D eigenvalue weighted by atomic mass is 10.1. The zero-order chi connectivity index (χ0) is 14.4. The van der Waals surface area contributed by atoms with Crippen molar-refractivity contribution in [2.45, 2.75) is 32.6 Å². The summed E-state index contributed by atoms with van der Waals surface area (Å²) in [6, 6.07) is 12.7. The molecular formula is C17H21NO2. The SMILES string of the molecule is CCCCCc1ccc(Oc2cccc(N)c2)c(O)c1. The van der Waals surface area contributed by atoms with Gasteiger partial charge in [0.1, 0.15) is 5.75 Å². The Morgan fingerprint density at radius 2 is 1.95 bits per heavy atom. The van der Waals surface area contributed by atoms with Gasteiger partial charge in [-0.25, -0.2) is 0 Å². The van der Waals surface area contributed by atoms with Crippen LogP contribution in [0.4, 0.5) is 5.69 Å². The fourth-order valence-corrected chi connectivity index (χ4v) is 2.09. The van der Waals surface area contributed by atoms with E-state index in [1.165, 1.54) is 12.8 Å². The van der Waals surface area contributed by atoms with Crippen molar-refractivity contribution < 1.29 is 9.84 Å².